The summed E-state index contributed by atoms with van der Waals surface area (Å²) in [5, 5.41) is 11.4. The van der Waals surface area contributed by atoms with Gasteiger partial charge in [0, 0.05) is 18.1 Å². The molecule has 1 atom stereocenters. The first kappa shape index (κ1) is 18.0. The first-order chi connectivity index (χ1) is 13.0. The topological polar surface area (TPSA) is 118 Å². The lowest BCUT2D eigenvalue weighted by Gasteiger charge is -2.14. The Morgan fingerprint density at radius 2 is 1.74 bits per heavy atom. The minimum absolute atomic E-state index is 0.101. The van der Waals surface area contributed by atoms with E-state index in [0.29, 0.717) is 16.7 Å². The van der Waals surface area contributed by atoms with Crippen molar-refractivity contribution in [2.24, 2.45) is 0 Å². The first-order valence-corrected chi connectivity index (χ1v) is 8.00. The van der Waals surface area contributed by atoms with E-state index < -0.39 is 23.9 Å². The van der Waals surface area contributed by atoms with Gasteiger partial charge in [0.25, 0.3) is 5.91 Å². The molecule has 2 N–H and O–H groups in total. The summed E-state index contributed by atoms with van der Waals surface area (Å²) in [4.78, 5) is 43.7. The number of carboxylic acid groups (broad SMARTS) is 1. The number of nitrogens with zero attached hydrogens (tertiary/aromatic N) is 2. The normalized spacial score (nSPS) is 11.6. The molecule has 0 saturated carbocycles. The number of aromatic nitrogens is 2. The number of benzene rings is 2. The molecule has 1 heterocycles. The fourth-order valence-corrected chi connectivity index (χ4v) is 2.37. The molecule has 3 aromatic rings. The number of amides is 1. The highest BCUT2D eigenvalue weighted by atomic mass is 16.5. The van der Waals surface area contributed by atoms with Crippen LogP contribution in [0.25, 0.3) is 11.0 Å². The van der Waals surface area contributed by atoms with Gasteiger partial charge in [-0.05, 0) is 43.3 Å². The molecule has 0 bridgehead atoms. The van der Waals surface area contributed by atoms with Crippen molar-refractivity contribution in [1.82, 2.24) is 9.97 Å². The Bertz CT molecular complexity index is 1010. The van der Waals surface area contributed by atoms with Crippen LogP contribution in [0, 0.1) is 0 Å². The van der Waals surface area contributed by atoms with E-state index in [2.05, 4.69) is 15.3 Å². The summed E-state index contributed by atoms with van der Waals surface area (Å²) in [5.74, 6) is -2.30. The number of hydrogen-bond donors (Lipinski definition) is 2. The molecule has 0 aliphatic rings. The van der Waals surface area contributed by atoms with E-state index >= 15 is 0 Å². The summed E-state index contributed by atoms with van der Waals surface area (Å²) in [5.41, 5.74) is 1.64. The second-order valence-electron chi connectivity index (χ2n) is 5.65. The fourth-order valence-electron chi connectivity index (χ4n) is 2.37. The van der Waals surface area contributed by atoms with Crippen LogP contribution >= 0.6 is 0 Å². The van der Waals surface area contributed by atoms with Crippen molar-refractivity contribution in [2.45, 2.75) is 13.0 Å². The van der Waals surface area contributed by atoms with Crippen LogP contribution in [0.2, 0.25) is 0 Å². The third-order valence-electron chi connectivity index (χ3n) is 3.77. The Morgan fingerprint density at radius 1 is 1.04 bits per heavy atom. The number of carbonyl (C=O) groups excluding carboxylic acids is 2. The van der Waals surface area contributed by atoms with E-state index in [0.717, 1.165) is 0 Å². The second-order valence-corrected chi connectivity index (χ2v) is 5.65. The molecule has 2 aromatic carbocycles. The minimum Gasteiger partial charge on any atom is -0.478 e. The Balaban J connectivity index is 1.68. The van der Waals surface area contributed by atoms with Crippen molar-refractivity contribution in [3.63, 3.8) is 0 Å². The number of rotatable bonds is 5. The van der Waals surface area contributed by atoms with Crippen LogP contribution in [-0.2, 0) is 9.53 Å². The minimum atomic E-state index is -1.07. The summed E-state index contributed by atoms with van der Waals surface area (Å²) in [7, 11) is 0. The van der Waals surface area contributed by atoms with Gasteiger partial charge in [0.2, 0.25) is 0 Å². The zero-order chi connectivity index (χ0) is 19.4. The summed E-state index contributed by atoms with van der Waals surface area (Å²) in [6, 6.07) is 10.6. The molecule has 27 heavy (non-hydrogen) atoms. The van der Waals surface area contributed by atoms with E-state index in [4.69, 9.17) is 9.84 Å². The summed E-state index contributed by atoms with van der Waals surface area (Å²) in [6.07, 6.45) is 1.92. The molecule has 1 aromatic heterocycles. The van der Waals surface area contributed by atoms with Crippen molar-refractivity contribution < 1.29 is 24.2 Å². The molecule has 8 heteroatoms. The van der Waals surface area contributed by atoms with Gasteiger partial charge in [-0.15, -0.1) is 0 Å². The number of aromatic carboxylic acids is 1. The van der Waals surface area contributed by atoms with Gasteiger partial charge >= 0.3 is 11.9 Å². The summed E-state index contributed by atoms with van der Waals surface area (Å²) in [6.45, 7) is 1.44. The smallest absolute Gasteiger partial charge is 0.341 e. The molecule has 0 saturated heterocycles. The number of nitrogens with one attached hydrogen (secondary N) is 1. The summed E-state index contributed by atoms with van der Waals surface area (Å²) < 4.78 is 5.23. The lowest BCUT2D eigenvalue weighted by atomic mass is 10.1. The first-order valence-electron chi connectivity index (χ1n) is 8.00. The largest absolute Gasteiger partial charge is 0.478 e. The molecular formula is C19H15N3O5. The average Bonchev–Trinajstić information content (AvgIpc) is 2.67. The second kappa shape index (κ2) is 7.61. The summed E-state index contributed by atoms with van der Waals surface area (Å²) >= 11 is 0. The van der Waals surface area contributed by atoms with Crippen LogP contribution in [0.3, 0.4) is 0 Å². The Hall–Kier alpha value is -3.81. The number of hydrogen-bond acceptors (Lipinski definition) is 6. The van der Waals surface area contributed by atoms with Gasteiger partial charge in [0.05, 0.1) is 16.6 Å². The van der Waals surface area contributed by atoms with Gasteiger partial charge in [0.15, 0.2) is 6.10 Å². The number of anilines is 1. The van der Waals surface area contributed by atoms with Crippen molar-refractivity contribution in [1.29, 1.82) is 0 Å². The van der Waals surface area contributed by atoms with Gasteiger partial charge in [0.1, 0.15) is 5.52 Å². The van der Waals surface area contributed by atoms with E-state index in [1.807, 2.05) is 0 Å². The standard InChI is InChI=1S/C19H15N3O5/c1-11(17(23)22-13-7-5-12(6-8-13)18(24)25)27-19(26)14-3-2-4-15-16(14)21-10-9-20-15/h2-11H,1H3,(H,22,23)(H,24,25). The Labute approximate surface area is 153 Å². The van der Waals surface area contributed by atoms with Gasteiger partial charge in [-0.3, -0.25) is 14.8 Å². The van der Waals surface area contributed by atoms with Crippen LogP contribution in [0.15, 0.2) is 54.9 Å². The number of ether oxygens (including phenoxy) is 1. The molecule has 0 aliphatic carbocycles. The number of fused-ring (bicyclic) bond motifs is 1. The van der Waals surface area contributed by atoms with Crippen molar-refractivity contribution in [2.75, 3.05) is 5.32 Å². The highest BCUT2D eigenvalue weighted by Gasteiger charge is 2.21. The van der Waals surface area contributed by atoms with Gasteiger partial charge in [-0.2, -0.15) is 0 Å². The van der Waals surface area contributed by atoms with E-state index in [1.54, 1.807) is 18.2 Å². The Kier molecular flexibility index (Phi) is 5.07. The molecule has 1 unspecified atom stereocenters. The molecule has 0 aliphatic heterocycles. The number of para-hydroxylation sites is 1. The van der Waals surface area contributed by atoms with Crippen molar-refractivity contribution in [3.05, 3.63) is 66.0 Å². The quantitative estimate of drug-likeness (QED) is 0.667. The van der Waals surface area contributed by atoms with Crippen LogP contribution in [0.1, 0.15) is 27.6 Å². The number of carbonyl (C=O) groups is 3. The molecule has 0 radical (unpaired) electrons. The van der Waals surface area contributed by atoms with E-state index in [1.165, 1.54) is 43.6 Å². The Morgan fingerprint density at radius 3 is 2.44 bits per heavy atom. The third-order valence-corrected chi connectivity index (χ3v) is 3.77. The zero-order valence-corrected chi connectivity index (χ0v) is 14.2. The maximum Gasteiger partial charge on any atom is 0.341 e. The average molecular weight is 365 g/mol. The van der Waals surface area contributed by atoms with E-state index in [-0.39, 0.29) is 11.1 Å². The van der Waals surface area contributed by atoms with Crippen LogP contribution in [-0.4, -0.2) is 39.0 Å². The maximum atomic E-state index is 12.4. The van der Waals surface area contributed by atoms with Crippen LogP contribution in [0.4, 0.5) is 5.69 Å². The van der Waals surface area contributed by atoms with Crippen molar-refractivity contribution in [3.8, 4) is 0 Å². The third kappa shape index (κ3) is 4.06. The maximum absolute atomic E-state index is 12.4. The molecule has 136 valence electrons. The van der Waals surface area contributed by atoms with Gasteiger partial charge in [-0.25, -0.2) is 9.59 Å². The predicted molar refractivity (Wildman–Crippen MR) is 96.4 cm³/mol. The zero-order valence-electron chi connectivity index (χ0n) is 14.2. The molecule has 3 rings (SSSR count). The number of carboxylic acids is 1. The molecule has 8 nitrogen and oxygen atoms in total. The van der Waals surface area contributed by atoms with Gasteiger partial charge < -0.3 is 15.2 Å². The van der Waals surface area contributed by atoms with Crippen molar-refractivity contribution >= 4 is 34.6 Å². The SMILES string of the molecule is CC(OC(=O)c1cccc2nccnc12)C(=O)Nc1ccc(C(=O)O)cc1. The lowest BCUT2D eigenvalue weighted by molar-refractivity contribution is -0.123. The highest BCUT2D eigenvalue weighted by molar-refractivity contribution is 6.03. The van der Waals surface area contributed by atoms with Crippen LogP contribution < -0.4 is 5.32 Å². The van der Waals surface area contributed by atoms with Gasteiger partial charge in [-0.1, -0.05) is 6.07 Å². The molecule has 1 amide bonds. The number of esters is 1. The lowest BCUT2D eigenvalue weighted by Crippen LogP contribution is -2.30. The van der Waals surface area contributed by atoms with Crippen LogP contribution in [0.5, 0.6) is 0 Å². The highest BCUT2D eigenvalue weighted by Crippen LogP contribution is 2.16. The molecule has 0 fully saturated rings. The fraction of sp³-hybridized carbons (Fsp3) is 0.105. The predicted octanol–water partition coefficient (Wildman–Crippen LogP) is 2.51. The molecule has 0 spiro atoms. The van der Waals surface area contributed by atoms with E-state index in [9.17, 15) is 14.4 Å². The molecular weight excluding hydrogens is 350 g/mol. The monoisotopic (exact) mass is 365 g/mol.